The van der Waals surface area contributed by atoms with Crippen LogP contribution in [0.1, 0.15) is 10.4 Å². The Hall–Kier alpha value is -2.08. The molecular formula is C11H11N3O2S. The smallest absolute Gasteiger partial charge is 0.340 e. The van der Waals surface area contributed by atoms with E-state index in [1.54, 1.807) is 17.4 Å². The number of methoxy groups -OCH3 is 1. The van der Waals surface area contributed by atoms with E-state index in [-0.39, 0.29) is 0 Å². The lowest BCUT2D eigenvalue weighted by atomic mass is 10.2. The highest BCUT2D eigenvalue weighted by atomic mass is 32.1. The van der Waals surface area contributed by atoms with E-state index < -0.39 is 5.97 Å². The predicted octanol–water partition coefficient (Wildman–Crippen LogP) is 2.26. The first-order valence-electron chi connectivity index (χ1n) is 4.84. The lowest BCUT2D eigenvalue weighted by Gasteiger charge is -2.07. The van der Waals surface area contributed by atoms with Crippen LogP contribution in [-0.2, 0) is 4.74 Å². The van der Waals surface area contributed by atoms with Gasteiger partial charge >= 0.3 is 5.97 Å². The van der Waals surface area contributed by atoms with Crippen LogP contribution in [0.3, 0.4) is 0 Å². The second kappa shape index (κ2) is 4.84. The number of nitrogens with one attached hydrogen (secondary N) is 1. The number of anilines is 3. The number of aromatic nitrogens is 1. The fourth-order valence-corrected chi connectivity index (χ4v) is 1.89. The monoisotopic (exact) mass is 249 g/mol. The zero-order valence-corrected chi connectivity index (χ0v) is 9.95. The van der Waals surface area contributed by atoms with Crippen LogP contribution in [-0.4, -0.2) is 18.1 Å². The minimum Gasteiger partial charge on any atom is -0.465 e. The Morgan fingerprint density at radius 3 is 3.06 bits per heavy atom. The van der Waals surface area contributed by atoms with Gasteiger partial charge in [0.15, 0.2) is 0 Å². The average Bonchev–Trinajstić information content (AvgIpc) is 2.83. The molecule has 0 aliphatic carbocycles. The van der Waals surface area contributed by atoms with Gasteiger partial charge in [-0.2, -0.15) is 11.3 Å². The number of pyridine rings is 1. The van der Waals surface area contributed by atoms with Crippen LogP contribution >= 0.6 is 11.3 Å². The second-order valence-electron chi connectivity index (χ2n) is 3.29. The molecule has 2 heterocycles. The fourth-order valence-electron chi connectivity index (χ4n) is 1.30. The Bertz CT molecular complexity index is 526. The van der Waals surface area contributed by atoms with Gasteiger partial charge in [-0.05, 0) is 17.5 Å². The van der Waals surface area contributed by atoms with E-state index >= 15 is 0 Å². The van der Waals surface area contributed by atoms with Crippen molar-refractivity contribution in [2.45, 2.75) is 0 Å². The number of esters is 1. The summed E-state index contributed by atoms with van der Waals surface area (Å²) in [7, 11) is 1.31. The van der Waals surface area contributed by atoms with Gasteiger partial charge in [0, 0.05) is 5.38 Å². The molecule has 0 aromatic carbocycles. The van der Waals surface area contributed by atoms with Crippen molar-refractivity contribution >= 4 is 34.5 Å². The third kappa shape index (κ3) is 2.54. The van der Waals surface area contributed by atoms with Crippen LogP contribution in [0.15, 0.2) is 29.1 Å². The van der Waals surface area contributed by atoms with E-state index in [1.807, 2.05) is 16.8 Å². The molecule has 3 N–H and O–H groups in total. The molecule has 0 saturated heterocycles. The van der Waals surface area contributed by atoms with Crippen LogP contribution in [0.25, 0.3) is 0 Å². The molecule has 2 rings (SSSR count). The molecule has 0 radical (unpaired) electrons. The Kier molecular flexibility index (Phi) is 3.24. The molecule has 2 aromatic rings. The zero-order valence-electron chi connectivity index (χ0n) is 9.14. The standard InChI is InChI=1S/C11H11N3O2S/c1-16-11(15)8-4-10(13-5-9(8)12)14-7-2-3-17-6-7/h2-6H,12H2,1H3,(H,13,14). The van der Waals surface area contributed by atoms with E-state index in [1.165, 1.54) is 13.3 Å². The zero-order chi connectivity index (χ0) is 12.3. The molecule has 0 fully saturated rings. The summed E-state index contributed by atoms with van der Waals surface area (Å²) in [5, 5.41) is 6.95. The quantitative estimate of drug-likeness (QED) is 0.816. The van der Waals surface area contributed by atoms with Gasteiger partial charge in [0.2, 0.25) is 0 Å². The Balaban J connectivity index is 2.28. The summed E-state index contributed by atoms with van der Waals surface area (Å²) in [6, 6.07) is 3.49. The highest BCUT2D eigenvalue weighted by Crippen LogP contribution is 2.21. The van der Waals surface area contributed by atoms with Gasteiger partial charge in [-0.1, -0.05) is 0 Å². The van der Waals surface area contributed by atoms with Crippen LogP contribution < -0.4 is 11.1 Å². The molecular weight excluding hydrogens is 238 g/mol. The van der Waals surface area contributed by atoms with E-state index in [4.69, 9.17) is 5.73 Å². The van der Waals surface area contributed by atoms with Crippen molar-refractivity contribution in [2.75, 3.05) is 18.2 Å². The van der Waals surface area contributed by atoms with Crippen molar-refractivity contribution < 1.29 is 9.53 Å². The number of nitrogens with zero attached hydrogens (tertiary/aromatic N) is 1. The normalized spacial score (nSPS) is 9.94. The third-order valence-electron chi connectivity index (χ3n) is 2.13. The summed E-state index contributed by atoms with van der Waals surface area (Å²) < 4.78 is 4.63. The maximum Gasteiger partial charge on any atom is 0.340 e. The summed E-state index contributed by atoms with van der Waals surface area (Å²) in [6.45, 7) is 0. The molecule has 0 aliphatic heterocycles. The molecule has 0 saturated carbocycles. The van der Waals surface area contributed by atoms with Crippen LogP contribution in [0.4, 0.5) is 17.2 Å². The van der Waals surface area contributed by atoms with E-state index in [0.29, 0.717) is 17.1 Å². The average molecular weight is 249 g/mol. The first kappa shape index (κ1) is 11.4. The molecule has 6 heteroatoms. The Morgan fingerprint density at radius 1 is 1.59 bits per heavy atom. The molecule has 0 bridgehead atoms. The van der Waals surface area contributed by atoms with Crippen molar-refractivity contribution in [2.24, 2.45) is 0 Å². The molecule has 0 aliphatic rings. The fraction of sp³-hybridized carbons (Fsp3) is 0.0909. The minimum absolute atomic E-state index is 0.299. The summed E-state index contributed by atoms with van der Waals surface area (Å²) in [6.07, 6.45) is 1.43. The number of thiophene rings is 1. The lowest BCUT2D eigenvalue weighted by molar-refractivity contribution is 0.0602. The van der Waals surface area contributed by atoms with Gasteiger partial charge < -0.3 is 15.8 Å². The molecule has 2 aromatic heterocycles. The number of hydrogen-bond donors (Lipinski definition) is 2. The maximum absolute atomic E-state index is 11.4. The largest absolute Gasteiger partial charge is 0.465 e. The first-order chi connectivity index (χ1) is 8.20. The van der Waals surface area contributed by atoms with Crippen molar-refractivity contribution in [3.05, 3.63) is 34.7 Å². The highest BCUT2D eigenvalue weighted by Gasteiger charge is 2.11. The van der Waals surface area contributed by atoms with Crippen molar-refractivity contribution in [1.29, 1.82) is 0 Å². The summed E-state index contributed by atoms with van der Waals surface area (Å²) in [5.74, 6) is 0.0799. The van der Waals surface area contributed by atoms with Crippen molar-refractivity contribution in [3.8, 4) is 0 Å². The molecule has 0 atom stereocenters. The molecule has 0 unspecified atom stereocenters. The number of nitrogen functional groups attached to an aromatic ring is 1. The second-order valence-corrected chi connectivity index (χ2v) is 4.07. The van der Waals surface area contributed by atoms with Gasteiger partial charge in [0.25, 0.3) is 0 Å². The first-order valence-corrected chi connectivity index (χ1v) is 5.78. The molecule has 0 amide bonds. The van der Waals surface area contributed by atoms with Crippen LogP contribution in [0, 0.1) is 0 Å². The number of carbonyl (C=O) groups excluding carboxylic acids is 1. The van der Waals surface area contributed by atoms with Crippen LogP contribution in [0.2, 0.25) is 0 Å². The molecule has 17 heavy (non-hydrogen) atoms. The molecule has 0 spiro atoms. The third-order valence-corrected chi connectivity index (χ3v) is 2.82. The Morgan fingerprint density at radius 2 is 2.41 bits per heavy atom. The van der Waals surface area contributed by atoms with Gasteiger partial charge in [0.05, 0.1) is 30.2 Å². The van der Waals surface area contributed by atoms with Gasteiger partial charge in [0.1, 0.15) is 5.82 Å². The van der Waals surface area contributed by atoms with E-state index in [9.17, 15) is 4.79 Å². The number of hydrogen-bond acceptors (Lipinski definition) is 6. The summed E-state index contributed by atoms with van der Waals surface area (Å²) >= 11 is 1.57. The molecule has 88 valence electrons. The Labute approximate surface area is 102 Å². The summed E-state index contributed by atoms with van der Waals surface area (Å²) in [5.41, 5.74) is 7.17. The summed E-state index contributed by atoms with van der Waals surface area (Å²) in [4.78, 5) is 15.5. The van der Waals surface area contributed by atoms with E-state index in [2.05, 4.69) is 15.0 Å². The molecule has 5 nitrogen and oxygen atoms in total. The number of carbonyl (C=O) groups is 1. The lowest BCUT2D eigenvalue weighted by Crippen LogP contribution is -2.07. The topological polar surface area (TPSA) is 77.2 Å². The SMILES string of the molecule is COC(=O)c1cc(Nc2ccsc2)ncc1N. The number of rotatable bonds is 3. The van der Waals surface area contributed by atoms with Gasteiger partial charge in [-0.25, -0.2) is 9.78 Å². The maximum atomic E-state index is 11.4. The highest BCUT2D eigenvalue weighted by molar-refractivity contribution is 7.08. The predicted molar refractivity (Wildman–Crippen MR) is 67.6 cm³/mol. The van der Waals surface area contributed by atoms with E-state index in [0.717, 1.165) is 5.69 Å². The van der Waals surface area contributed by atoms with Crippen molar-refractivity contribution in [1.82, 2.24) is 4.98 Å². The van der Waals surface area contributed by atoms with Crippen molar-refractivity contribution in [3.63, 3.8) is 0 Å². The van der Waals surface area contributed by atoms with Crippen LogP contribution in [0.5, 0.6) is 0 Å². The number of ether oxygens (including phenoxy) is 1. The minimum atomic E-state index is -0.474. The van der Waals surface area contributed by atoms with Gasteiger partial charge in [-0.3, -0.25) is 0 Å². The van der Waals surface area contributed by atoms with Gasteiger partial charge in [-0.15, -0.1) is 0 Å². The number of nitrogens with two attached hydrogens (primary N) is 1.